The Labute approximate surface area is 207 Å². The predicted octanol–water partition coefficient (Wildman–Crippen LogP) is 6.59. The van der Waals surface area contributed by atoms with Crippen LogP contribution in [0.5, 0.6) is 5.75 Å². The molecule has 1 heterocycles. The Balaban J connectivity index is 1.60. The second kappa shape index (κ2) is 11.1. The first kappa shape index (κ1) is 25.8. The number of hydrogen-bond donors (Lipinski definition) is 1. The fraction of sp³-hybridized carbons (Fsp3) is 0.444. The highest BCUT2D eigenvalue weighted by Gasteiger charge is 2.20. The van der Waals surface area contributed by atoms with Crippen molar-refractivity contribution >= 4 is 23.4 Å². The third-order valence-corrected chi connectivity index (χ3v) is 6.62. The Morgan fingerprint density at radius 2 is 1.68 bits per heavy atom. The number of benzene rings is 2. The molecule has 0 spiro atoms. The molecule has 0 saturated heterocycles. The molecule has 0 saturated carbocycles. The van der Waals surface area contributed by atoms with Gasteiger partial charge in [-0.2, -0.15) is 0 Å². The first-order valence-corrected chi connectivity index (χ1v) is 12.8. The van der Waals surface area contributed by atoms with Crippen molar-refractivity contribution in [1.29, 1.82) is 0 Å². The SMILES string of the molecule is CCn1c(SCC(=O)Nc2ccc(C(C)C)cc2)nnc1C(C)Oc1ccc(C(C)(C)C)cc1. The topological polar surface area (TPSA) is 69.0 Å². The lowest BCUT2D eigenvalue weighted by atomic mass is 9.87. The molecule has 3 rings (SSSR count). The van der Waals surface area contributed by atoms with E-state index in [1.807, 2.05) is 54.8 Å². The van der Waals surface area contributed by atoms with Crippen molar-refractivity contribution < 1.29 is 9.53 Å². The highest BCUT2D eigenvalue weighted by Crippen LogP contribution is 2.28. The number of ether oxygens (including phenoxy) is 1. The van der Waals surface area contributed by atoms with Gasteiger partial charge >= 0.3 is 0 Å². The molecule has 0 fully saturated rings. The summed E-state index contributed by atoms with van der Waals surface area (Å²) in [6.45, 7) is 15.6. The maximum Gasteiger partial charge on any atom is 0.234 e. The minimum atomic E-state index is -0.268. The fourth-order valence-corrected chi connectivity index (χ4v) is 4.38. The normalized spacial score (nSPS) is 12.6. The number of amides is 1. The zero-order chi connectivity index (χ0) is 24.9. The van der Waals surface area contributed by atoms with E-state index < -0.39 is 0 Å². The van der Waals surface area contributed by atoms with Gasteiger partial charge in [0.05, 0.1) is 5.75 Å². The molecule has 0 bridgehead atoms. The molecule has 0 radical (unpaired) electrons. The number of rotatable bonds is 9. The third kappa shape index (κ3) is 6.63. The predicted molar refractivity (Wildman–Crippen MR) is 140 cm³/mol. The van der Waals surface area contributed by atoms with Crippen molar-refractivity contribution in [2.75, 3.05) is 11.1 Å². The smallest absolute Gasteiger partial charge is 0.234 e. The molecule has 7 heteroatoms. The standard InChI is InChI=1S/C27H36N4O2S/c1-8-31-25(19(4)33-23-15-11-21(12-16-23)27(5,6)7)29-30-26(31)34-17-24(32)28-22-13-9-20(10-14-22)18(2)3/h9-16,18-19H,8,17H2,1-7H3,(H,28,32). The van der Waals surface area contributed by atoms with Crippen LogP contribution < -0.4 is 10.1 Å². The summed E-state index contributed by atoms with van der Waals surface area (Å²) < 4.78 is 8.15. The van der Waals surface area contributed by atoms with Gasteiger partial charge in [0.15, 0.2) is 17.1 Å². The molecule has 1 aromatic heterocycles. The lowest BCUT2D eigenvalue weighted by Crippen LogP contribution is -2.15. The van der Waals surface area contributed by atoms with Gasteiger partial charge in [-0.3, -0.25) is 4.79 Å². The monoisotopic (exact) mass is 480 g/mol. The van der Waals surface area contributed by atoms with E-state index in [9.17, 15) is 4.79 Å². The number of carbonyl (C=O) groups excluding carboxylic acids is 1. The number of aromatic nitrogens is 3. The van der Waals surface area contributed by atoms with Crippen LogP contribution in [0, 0.1) is 0 Å². The van der Waals surface area contributed by atoms with Crippen LogP contribution in [0.4, 0.5) is 5.69 Å². The summed E-state index contributed by atoms with van der Waals surface area (Å²) in [7, 11) is 0. The number of anilines is 1. The van der Waals surface area contributed by atoms with E-state index in [2.05, 4.69) is 62.3 Å². The van der Waals surface area contributed by atoms with Gasteiger partial charge in [0.2, 0.25) is 5.91 Å². The molecule has 6 nitrogen and oxygen atoms in total. The Hall–Kier alpha value is -2.80. The van der Waals surface area contributed by atoms with Crippen LogP contribution in [-0.2, 0) is 16.8 Å². The van der Waals surface area contributed by atoms with Crippen molar-refractivity contribution in [3.8, 4) is 5.75 Å². The second-order valence-electron chi connectivity index (χ2n) is 9.73. The average Bonchev–Trinajstić information content (AvgIpc) is 3.21. The molecule has 0 aliphatic carbocycles. The number of nitrogens with one attached hydrogen (secondary N) is 1. The van der Waals surface area contributed by atoms with Crippen LogP contribution in [0.1, 0.15) is 77.4 Å². The van der Waals surface area contributed by atoms with E-state index >= 15 is 0 Å². The van der Waals surface area contributed by atoms with Gasteiger partial charge in [-0.05, 0) is 60.6 Å². The second-order valence-corrected chi connectivity index (χ2v) is 10.7. The minimum absolute atomic E-state index is 0.0715. The Bertz CT molecular complexity index is 1080. The minimum Gasteiger partial charge on any atom is -0.483 e. The first-order chi connectivity index (χ1) is 16.1. The number of hydrogen-bond acceptors (Lipinski definition) is 5. The average molecular weight is 481 g/mol. The van der Waals surface area contributed by atoms with Crippen LogP contribution in [0.25, 0.3) is 0 Å². The Morgan fingerprint density at radius 1 is 1.03 bits per heavy atom. The molecule has 3 aromatic rings. The lowest BCUT2D eigenvalue weighted by molar-refractivity contribution is -0.113. The first-order valence-electron chi connectivity index (χ1n) is 11.8. The van der Waals surface area contributed by atoms with Gasteiger partial charge in [-0.25, -0.2) is 0 Å². The molecule has 1 atom stereocenters. The Kier molecular flexibility index (Phi) is 8.42. The largest absolute Gasteiger partial charge is 0.483 e. The van der Waals surface area contributed by atoms with Gasteiger partial charge in [-0.15, -0.1) is 10.2 Å². The summed E-state index contributed by atoms with van der Waals surface area (Å²) in [5, 5.41) is 12.3. The van der Waals surface area contributed by atoms with E-state index in [0.717, 1.165) is 17.3 Å². The fourth-order valence-electron chi connectivity index (χ4n) is 3.57. The van der Waals surface area contributed by atoms with Crippen LogP contribution in [0.3, 0.4) is 0 Å². The summed E-state index contributed by atoms with van der Waals surface area (Å²) in [6, 6.07) is 16.2. The molecule has 2 aromatic carbocycles. The maximum absolute atomic E-state index is 12.5. The molecular weight excluding hydrogens is 444 g/mol. The zero-order valence-corrected chi connectivity index (χ0v) is 22.1. The van der Waals surface area contributed by atoms with Crippen molar-refractivity contribution in [2.24, 2.45) is 0 Å². The summed E-state index contributed by atoms with van der Waals surface area (Å²) in [4.78, 5) is 12.5. The summed E-state index contributed by atoms with van der Waals surface area (Å²) >= 11 is 1.38. The maximum atomic E-state index is 12.5. The molecule has 1 unspecified atom stereocenters. The molecule has 0 aliphatic heterocycles. The van der Waals surface area contributed by atoms with Crippen molar-refractivity contribution in [3.05, 3.63) is 65.5 Å². The van der Waals surface area contributed by atoms with Gasteiger partial charge < -0.3 is 14.6 Å². The number of carbonyl (C=O) groups is 1. The van der Waals surface area contributed by atoms with E-state index in [4.69, 9.17) is 4.74 Å². The Morgan fingerprint density at radius 3 is 2.24 bits per heavy atom. The van der Waals surface area contributed by atoms with E-state index in [1.165, 1.54) is 22.9 Å². The highest BCUT2D eigenvalue weighted by atomic mass is 32.2. The van der Waals surface area contributed by atoms with Gasteiger partial charge in [-0.1, -0.05) is 70.6 Å². The van der Waals surface area contributed by atoms with E-state index in [-0.39, 0.29) is 23.2 Å². The number of thioether (sulfide) groups is 1. The highest BCUT2D eigenvalue weighted by molar-refractivity contribution is 7.99. The van der Waals surface area contributed by atoms with Crippen LogP contribution >= 0.6 is 11.8 Å². The molecular formula is C27H36N4O2S. The summed E-state index contributed by atoms with van der Waals surface area (Å²) in [5.74, 6) is 2.19. The van der Waals surface area contributed by atoms with E-state index in [0.29, 0.717) is 17.6 Å². The molecule has 1 amide bonds. The quantitative estimate of drug-likeness (QED) is 0.350. The van der Waals surface area contributed by atoms with Crippen LogP contribution in [0.2, 0.25) is 0 Å². The van der Waals surface area contributed by atoms with E-state index in [1.54, 1.807) is 0 Å². The van der Waals surface area contributed by atoms with Gasteiger partial charge in [0.1, 0.15) is 5.75 Å². The van der Waals surface area contributed by atoms with Gasteiger partial charge in [0, 0.05) is 12.2 Å². The third-order valence-electron chi connectivity index (χ3n) is 5.65. The summed E-state index contributed by atoms with van der Waals surface area (Å²) in [6.07, 6.45) is -0.268. The molecule has 0 aliphatic rings. The molecule has 1 N–H and O–H groups in total. The van der Waals surface area contributed by atoms with Gasteiger partial charge in [0.25, 0.3) is 0 Å². The molecule has 34 heavy (non-hydrogen) atoms. The number of nitrogens with zero attached hydrogens (tertiary/aromatic N) is 3. The van der Waals surface area contributed by atoms with Crippen LogP contribution in [-0.4, -0.2) is 26.4 Å². The lowest BCUT2D eigenvalue weighted by Gasteiger charge is -2.20. The van der Waals surface area contributed by atoms with Crippen LogP contribution in [0.15, 0.2) is 53.7 Å². The summed E-state index contributed by atoms with van der Waals surface area (Å²) in [5.41, 5.74) is 3.41. The zero-order valence-electron chi connectivity index (χ0n) is 21.3. The van der Waals surface area contributed by atoms with Crippen molar-refractivity contribution in [1.82, 2.24) is 14.8 Å². The van der Waals surface area contributed by atoms with Crippen molar-refractivity contribution in [3.63, 3.8) is 0 Å². The molecule has 182 valence electrons. The van der Waals surface area contributed by atoms with Crippen molar-refractivity contribution in [2.45, 2.75) is 77.6 Å².